The first-order chi connectivity index (χ1) is 20.2. The van der Waals surface area contributed by atoms with Crippen LogP contribution in [0.5, 0.6) is 0 Å². The van der Waals surface area contributed by atoms with Crippen LogP contribution in [-0.4, -0.2) is 15.0 Å². The monoisotopic (exact) mass is 531 g/mol. The quantitative estimate of drug-likeness (QED) is 0.223. The van der Waals surface area contributed by atoms with Crippen LogP contribution in [0.2, 0.25) is 0 Å². The van der Waals surface area contributed by atoms with Crippen molar-refractivity contribution < 1.29 is 0 Å². The Hall–Kier alpha value is -4.89. The van der Waals surface area contributed by atoms with Crippen LogP contribution >= 0.6 is 0 Å². The first kappa shape index (κ1) is 26.3. The lowest BCUT2D eigenvalue weighted by Gasteiger charge is -2.19. The predicted molar refractivity (Wildman–Crippen MR) is 171 cm³/mol. The summed E-state index contributed by atoms with van der Waals surface area (Å²) in [4.78, 5) is 14.4. The maximum Gasteiger partial charge on any atom is 0.159 e. The number of hydrogen-bond donors (Lipinski definition) is 0. The van der Waals surface area contributed by atoms with Crippen LogP contribution in [-0.2, 0) is 0 Å². The lowest BCUT2D eigenvalue weighted by Crippen LogP contribution is -2.05. The maximum atomic E-state index is 5.05. The summed E-state index contributed by atoms with van der Waals surface area (Å²) in [7, 11) is 0. The molecular formula is C38H33N3. The van der Waals surface area contributed by atoms with Crippen molar-refractivity contribution in [2.24, 2.45) is 0 Å². The summed E-state index contributed by atoms with van der Waals surface area (Å²) in [5.74, 6) is 0.954. The minimum atomic E-state index is 0.310. The molecule has 0 fully saturated rings. The second-order valence-corrected chi connectivity index (χ2v) is 10.5. The Morgan fingerprint density at radius 3 is 2.56 bits per heavy atom. The SMILES string of the molecule is C=C(/C=C\C=C1\C=CCCC1)c1nc(C2=CC=CC(c3ccccc3)C2)cc(-c2cccc(-c3cccnc3)c2)n1. The summed E-state index contributed by atoms with van der Waals surface area (Å²) < 4.78 is 0. The van der Waals surface area contributed by atoms with Crippen molar-refractivity contribution in [2.75, 3.05) is 0 Å². The van der Waals surface area contributed by atoms with Gasteiger partial charge in [0.15, 0.2) is 5.82 Å². The molecule has 0 spiro atoms. The maximum absolute atomic E-state index is 5.05. The standard InChI is InChI=1S/C38H33N3/c1-28(12-8-15-29-13-4-2-5-14-29)38-40-36(33-20-9-18-31(24-33)30-16-6-3-7-17-30)26-37(41-38)34-21-10-19-32(25-34)35-22-11-23-39-27-35/h3-4,6-13,15-23,25-27,31H,1-2,5,14,24H2/b12-8-,29-15-. The van der Waals surface area contributed by atoms with E-state index in [1.54, 1.807) is 6.20 Å². The first-order valence-corrected chi connectivity index (χ1v) is 14.3. The van der Waals surface area contributed by atoms with Gasteiger partial charge in [-0.1, -0.05) is 110 Å². The Bertz CT molecular complexity index is 1690. The molecule has 0 radical (unpaired) electrons. The molecule has 0 aliphatic heterocycles. The molecule has 4 aromatic rings. The van der Waals surface area contributed by atoms with Gasteiger partial charge in [0, 0.05) is 35.0 Å². The summed E-state index contributed by atoms with van der Waals surface area (Å²) >= 11 is 0. The average molecular weight is 532 g/mol. The molecule has 1 unspecified atom stereocenters. The lowest BCUT2D eigenvalue weighted by atomic mass is 9.87. The van der Waals surface area contributed by atoms with E-state index in [-0.39, 0.29) is 0 Å². The Balaban J connectivity index is 1.37. The van der Waals surface area contributed by atoms with E-state index in [9.17, 15) is 0 Å². The van der Waals surface area contributed by atoms with E-state index in [1.807, 2.05) is 18.3 Å². The smallest absolute Gasteiger partial charge is 0.159 e. The minimum absolute atomic E-state index is 0.310. The summed E-state index contributed by atoms with van der Waals surface area (Å²) in [5.41, 5.74) is 9.67. The third-order valence-electron chi connectivity index (χ3n) is 7.58. The van der Waals surface area contributed by atoms with Crippen molar-refractivity contribution in [3.8, 4) is 22.4 Å². The van der Waals surface area contributed by atoms with Crippen LogP contribution in [0, 0.1) is 0 Å². The zero-order valence-electron chi connectivity index (χ0n) is 23.2. The second-order valence-electron chi connectivity index (χ2n) is 10.5. The van der Waals surface area contributed by atoms with Gasteiger partial charge < -0.3 is 0 Å². The van der Waals surface area contributed by atoms with E-state index in [0.29, 0.717) is 11.7 Å². The van der Waals surface area contributed by atoms with Crippen LogP contribution in [0.1, 0.15) is 48.7 Å². The summed E-state index contributed by atoms with van der Waals surface area (Å²) in [5, 5.41) is 0. The number of rotatable bonds is 7. The molecule has 2 heterocycles. The Kier molecular flexibility index (Phi) is 8.05. The highest BCUT2D eigenvalue weighted by molar-refractivity contribution is 5.77. The van der Waals surface area contributed by atoms with Gasteiger partial charge in [0.2, 0.25) is 0 Å². The van der Waals surface area contributed by atoms with Gasteiger partial charge in [-0.2, -0.15) is 0 Å². The third-order valence-corrected chi connectivity index (χ3v) is 7.58. The molecule has 0 amide bonds. The van der Waals surface area contributed by atoms with Gasteiger partial charge in [0.05, 0.1) is 11.4 Å². The van der Waals surface area contributed by atoms with Crippen molar-refractivity contribution >= 4 is 11.1 Å². The topological polar surface area (TPSA) is 38.7 Å². The molecule has 2 aromatic heterocycles. The van der Waals surface area contributed by atoms with Crippen LogP contribution < -0.4 is 0 Å². The van der Waals surface area contributed by atoms with E-state index < -0.39 is 0 Å². The molecule has 1 atom stereocenters. The van der Waals surface area contributed by atoms with Crippen molar-refractivity contribution in [2.45, 2.75) is 31.6 Å². The third kappa shape index (κ3) is 6.47. The lowest BCUT2D eigenvalue weighted by molar-refractivity contribution is 0.821. The second kappa shape index (κ2) is 12.5. The highest BCUT2D eigenvalue weighted by Gasteiger charge is 2.18. The number of benzene rings is 2. The van der Waals surface area contributed by atoms with Gasteiger partial charge >= 0.3 is 0 Å². The van der Waals surface area contributed by atoms with Crippen molar-refractivity contribution in [3.63, 3.8) is 0 Å². The van der Waals surface area contributed by atoms with Gasteiger partial charge in [-0.15, -0.1) is 0 Å². The zero-order valence-corrected chi connectivity index (χ0v) is 23.2. The molecule has 2 aliphatic rings. The van der Waals surface area contributed by atoms with Crippen LogP contribution in [0.3, 0.4) is 0 Å². The fourth-order valence-corrected chi connectivity index (χ4v) is 5.34. The van der Waals surface area contributed by atoms with Crippen LogP contribution in [0.15, 0.2) is 146 Å². The van der Waals surface area contributed by atoms with Crippen molar-refractivity contribution in [3.05, 3.63) is 163 Å². The van der Waals surface area contributed by atoms with Crippen molar-refractivity contribution in [1.29, 1.82) is 0 Å². The number of nitrogens with zero attached hydrogens (tertiary/aromatic N) is 3. The van der Waals surface area contributed by atoms with Gasteiger partial charge in [-0.05, 0) is 66.2 Å². The number of pyridine rings is 1. The van der Waals surface area contributed by atoms with Gasteiger partial charge in [-0.3, -0.25) is 4.98 Å². The molecule has 3 heteroatoms. The van der Waals surface area contributed by atoms with Crippen LogP contribution in [0.4, 0.5) is 0 Å². The first-order valence-electron chi connectivity index (χ1n) is 14.3. The molecule has 0 saturated carbocycles. The molecule has 2 aromatic carbocycles. The molecule has 200 valence electrons. The number of allylic oxidation sites excluding steroid dienone is 11. The average Bonchev–Trinajstić information content (AvgIpc) is 3.06. The van der Waals surface area contributed by atoms with E-state index in [4.69, 9.17) is 9.97 Å². The molecule has 6 rings (SSSR count). The molecule has 0 N–H and O–H groups in total. The Morgan fingerprint density at radius 2 is 1.73 bits per heavy atom. The fourth-order valence-electron chi connectivity index (χ4n) is 5.34. The highest BCUT2D eigenvalue weighted by atomic mass is 14.9. The predicted octanol–water partition coefficient (Wildman–Crippen LogP) is 9.57. The van der Waals surface area contributed by atoms with Gasteiger partial charge in [0.1, 0.15) is 0 Å². The van der Waals surface area contributed by atoms with E-state index in [1.165, 1.54) is 23.1 Å². The summed E-state index contributed by atoms with van der Waals surface area (Å²) in [6.07, 6.45) is 25.4. The van der Waals surface area contributed by atoms with Crippen molar-refractivity contribution in [1.82, 2.24) is 15.0 Å². The van der Waals surface area contributed by atoms with Gasteiger partial charge in [0.25, 0.3) is 0 Å². The van der Waals surface area contributed by atoms with E-state index >= 15 is 0 Å². The summed E-state index contributed by atoms with van der Waals surface area (Å²) in [6.45, 7) is 4.36. The molecule has 0 saturated heterocycles. The number of aromatic nitrogens is 3. The highest BCUT2D eigenvalue weighted by Crippen LogP contribution is 2.35. The number of hydrogen-bond acceptors (Lipinski definition) is 3. The van der Waals surface area contributed by atoms with E-state index in [0.717, 1.165) is 52.9 Å². The Labute approximate surface area is 242 Å². The Morgan fingerprint density at radius 1 is 0.878 bits per heavy atom. The molecule has 3 nitrogen and oxygen atoms in total. The largest absolute Gasteiger partial charge is 0.264 e. The van der Waals surface area contributed by atoms with Gasteiger partial charge in [-0.25, -0.2) is 9.97 Å². The molecule has 41 heavy (non-hydrogen) atoms. The molecular weight excluding hydrogens is 498 g/mol. The minimum Gasteiger partial charge on any atom is -0.264 e. The van der Waals surface area contributed by atoms with Crippen LogP contribution in [0.25, 0.3) is 33.5 Å². The molecule has 2 aliphatic carbocycles. The normalized spacial score (nSPS) is 17.6. The molecule has 0 bridgehead atoms. The zero-order chi connectivity index (χ0) is 27.9. The van der Waals surface area contributed by atoms with E-state index in [2.05, 4.69) is 121 Å². The fraction of sp³-hybridized carbons (Fsp3) is 0.132. The summed E-state index contributed by atoms with van der Waals surface area (Å²) in [6, 6.07) is 25.3.